The molecular weight excluding hydrogens is 210 g/mol. The first-order chi connectivity index (χ1) is 7.70. The Morgan fingerprint density at radius 3 is 2.56 bits per heavy atom. The molecule has 1 aromatic carbocycles. The lowest BCUT2D eigenvalue weighted by Gasteiger charge is -2.05. The van der Waals surface area contributed by atoms with E-state index in [1.54, 1.807) is 18.2 Å². The summed E-state index contributed by atoms with van der Waals surface area (Å²) in [6.07, 6.45) is 2.29. The zero-order chi connectivity index (χ0) is 11.5. The Bertz CT molecular complexity index is 442. The Labute approximate surface area is 92.4 Å². The zero-order valence-corrected chi connectivity index (χ0v) is 8.64. The van der Waals surface area contributed by atoms with Gasteiger partial charge in [-0.05, 0) is 24.1 Å². The number of hydrogen-bond donors (Lipinski definition) is 0. The van der Waals surface area contributed by atoms with Gasteiger partial charge >= 0.3 is 0 Å². The third-order valence-corrected chi connectivity index (χ3v) is 2.36. The first kappa shape index (κ1) is 10.5. The van der Waals surface area contributed by atoms with E-state index < -0.39 is 0 Å². The van der Waals surface area contributed by atoms with Crippen molar-refractivity contribution in [1.29, 1.82) is 0 Å². The molecule has 16 heavy (non-hydrogen) atoms. The predicted molar refractivity (Wildman–Crippen MR) is 57.2 cm³/mol. The SMILES string of the molecule is C=CCc1cc2c(cc1C[N+](=O)[O-])OCO2. The van der Waals surface area contributed by atoms with Gasteiger partial charge in [0, 0.05) is 10.5 Å². The van der Waals surface area contributed by atoms with Gasteiger partial charge in [0.1, 0.15) is 0 Å². The molecule has 5 nitrogen and oxygen atoms in total. The molecule has 0 unspecified atom stereocenters. The van der Waals surface area contributed by atoms with E-state index in [1.807, 2.05) is 0 Å². The quantitative estimate of drug-likeness (QED) is 0.442. The molecule has 0 N–H and O–H groups in total. The first-order valence-electron chi connectivity index (χ1n) is 4.85. The molecular formula is C11H11NO4. The molecule has 0 aliphatic carbocycles. The van der Waals surface area contributed by atoms with Crippen molar-refractivity contribution in [3.05, 3.63) is 46.0 Å². The lowest BCUT2D eigenvalue weighted by atomic mass is 10.0. The Kier molecular flexibility index (Phi) is 2.76. The van der Waals surface area contributed by atoms with Crippen molar-refractivity contribution in [3.63, 3.8) is 0 Å². The number of fused-ring (bicyclic) bond motifs is 1. The molecule has 0 fully saturated rings. The van der Waals surface area contributed by atoms with Crippen LogP contribution in [0.4, 0.5) is 0 Å². The second-order valence-electron chi connectivity index (χ2n) is 3.46. The van der Waals surface area contributed by atoms with E-state index in [0.29, 0.717) is 23.5 Å². The normalized spacial score (nSPS) is 12.5. The fourth-order valence-electron chi connectivity index (χ4n) is 1.66. The standard InChI is InChI=1S/C11H11NO4/c1-2-3-8-4-10-11(16-7-15-10)5-9(8)6-12(13)14/h2,4-5H,1,3,6-7H2. The van der Waals surface area contributed by atoms with Crippen molar-refractivity contribution in [2.75, 3.05) is 6.79 Å². The maximum atomic E-state index is 10.5. The highest BCUT2D eigenvalue weighted by Gasteiger charge is 2.18. The summed E-state index contributed by atoms with van der Waals surface area (Å²) in [5.41, 5.74) is 1.50. The van der Waals surface area contributed by atoms with Crippen LogP contribution in [-0.4, -0.2) is 11.7 Å². The topological polar surface area (TPSA) is 61.6 Å². The summed E-state index contributed by atoms with van der Waals surface area (Å²) in [6, 6.07) is 3.45. The van der Waals surface area contributed by atoms with E-state index >= 15 is 0 Å². The fraction of sp³-hybridized carbons (Fsp3) is 0.273. The van der Waals surface area contributed by atoms with Crippen LogP contribution in [0.3, 0.4) is 0 Å². The number of rotatable bonds is 4. The van der Waals surface area contributed by atoms with Crippen molar-refractivity contribution in [1.82, 2.24) is 0 Å². The lowest BCUT2D eigenvalue weighted by Crippen LogP contribution is -2.02. The second kappa shape index (κ2) is 4.22. The molecule has 0 radical (unpaired) electrons. The number of nitrogens with zero attached hydrogens (tertiary/aromatic N) is 1. The van der Waals surface area contributed by atoms with Crippen LogP contribution in [0.5, 0.6) is 11.5 Å². The molecule has 0 spiro atoms. The first-order valence-corrected chi connectivity index (χ1v) is 4.85. The third-order valence-electron chi connectivity index (χ3n) is 2.36. The molecule has 0 saturated heterocycles. The highest BCUT2D eigenvalue weighted by atomic mass is 16.7. The van der Waals surface area contributed by atoms with Crippen molar-refractivity contribution in [2.24, 2.45) is 0 Å². The zero-order valence-electron chi connectivity index (χ0n) is 8.64. The molecule has 84 valence electrons. The van der Waals surface area contributed by atoms with Crippen LogP contribution in [0.15, 0.2) is 24.8 Å². The smallest absolute Gasteiger partial charge is 0.231 e. The van der Waals surface area contributed by atoms with Crippen LogP contribution in [0.1, 0.15) is 11.1 Å². The molecule has 0 bridgehead atoms. The van der Waals surface area contributed by atoms with Gasteiger partial charge in [-0.3, -0.25) is 10.1 Å². The van der Waals surface area contributed by atoms with Crippen LogP contribution in [0, 0.1) is 10.1 Å². The van der Waals surface area contributed by atoms with Crippen molar-refractivity contribution >= 4 is 0 Å². The van der Waals surface area contributed by atoms with E-state index in [2.05, 4.69) is 6.58 Å². The Morgan fingerprint density at radius 1 is 1.38 bits per heavy atom. The Morgan fingerprint density at radius 2 is 2.00 bits per heavy atom. The summed E-state index contributed by atoms with van der Waals surface area (Å²) in [5, 5.41) is 10.5. The molecule has 5 heteroatoms. The number of hydrogen-bond acceptors (Lipinski definition) is 4. The van der Waals surface area contributed by atoms with Gasteiger partial charge in [0.25, 0.3) is 0 Å². The van der Waals surface area contributed by atoms with Gasteiger partial charge < -0.3 is 9.47 Å². The minimum Gasteiger partial charge on any atom is -0.454 e. The molecule has 0 aromatic heterocycles. The van der Waals surface area contributed by atoms with E-state index in [1.165, 1.54) is 0 Å². The van der Waals surface area contributed by atoms with Gasteiger partial charge in [0.05, 0.1) is 0 Å². The highest BCUT2D eigenvalue weighted by Crippen LogP contribution is 2.35. The van der Waals surface area contributed by atoms with Crippen LogP contribution in [0.2, 0.25) is 0 Å². The second-order valence-corrected chi connectivity index (χ2v) is 3.46. The molecule has 1 aliphatic heterocycles. The number of nitro groups is 1. The maximum Gasteiger partial charge on any atom is 0.231 e. The highest BCUT2D eigenvalue weighted by molar-refractivity contribution is 5.49. The summed E-state index contributed by atoms with van der Waals surface area (Å²) in [7, 11) is 0. The maximum absolute atomic E-state index is 10.5. The average molecular weight is 221 g/mol. The number of allylic oxidation sites excluding steroid dienone is 1. The van der Waals surface area contributed by atoms with Gasteiger partial charge in [-0.2, -0.15) is 0 Å². The van der Waals surface area contributed by atoms with Crippen LogP contribution in [0.25, 0.3) is 0 Å². The van der Waals surface area contributed by atoms with Gasteiger partial charge in [-0.15, -0.1) is 6.58 Å². The van der Waals surface area contributed by atoms with E-state index in [4.69, 9.17) is 9.47 Å². The molecule has 0 atom stereocenters. The van der Waals surface area contributed by atoms with Crippen LogP contribution in [-0.2, 0) is 13.0 Å². The van der Waals surface area contributed by atoms with Crippen molar-refractivity contribution < 1.29 is 14.4 Å². The van der Waals surface area contributed by atoms with Gasteiger partial charge in [-0.1, -0.05) is 6.08 Å². The van der Waals surface area contributed by atoms with Crippen molar-refractivity contribution in [3.8, 4) is 11.5 Å². The molecule has 2 rings (SSSR count). The van der Waals surface area contributed by atoms with Gasteiger partial charge in [-0.25, -0.2) is 0 Å². The summed E-state index contributed by atoms with van der Waals surface area (Å²) >= 11 is 0. The molecule has 1 aliphatic rings. The number of benzene rings is 1. The lowest BCUT2D eigenvalue weighted by molar-refractivity contribution is -0.496. The third kappa shape index (κ3) is 1.98. The van der Waals surface area contributed by atoms with Gasteiger partial charge in [0.15, 0.2) is 11.5 Å². The summed E-state index contributed by atoms with van der Waals surface area (Å²) in [5.74, 6) is 1.22. The summed E-state index contributed by atoms with van der Waals surface area (Å²) < 4.78 is 10.4. The molecule has 1 heterocycles. The van der Waals surface area contributed by atoms with Gasteiger partial charge in [0.2, 0.25) is 13.3 Å². The fourth-order valence-corrected chi connectivity index (χ4v) is 1.66. The molecule has 0 amide bonds. The molecule has 1 aromatic rings. The predicted octanol–water partition coefficient (Wildman–Crippen LogP) is 1.92. The van der Waals surface area contributed by atoms with E-state index in [0.717, 1.165) is 5.56 Å². The summed E-state index contributed by atoms with van der Waals surface area (Å²) in [6.45, 7) is 3.59. The van der Waals surface area contributed by atoms with E-state index in [9.17, 15) is 10.1 Å². The number of ether oxygens (including phenoxy) is 2. The van der Waals surface area contributed by atoms with E-state index in [-0.39, 0.29) is 18.3 Å². The Hall–Kier alpha value is -2.04. The van der Waals surface area contributed by atoms with Crippen molar-refractivity contribution in [2.45, 2.75) is 13.0 Å². The monoisotopic (exact) mass is 221 g/mol. The average Bonchev–Trinajstić information content (AvgIpc) is 2.64. The minimum atomic E-state index is -0.357. The minimum absolute atomic E-state index is 0.171. The largest absolute Gasteiger partial charge is 0.454 e. The van der Waals surface area contributed by atoms with Crippen LogP contribution >= 0.6 is 0 Å². The summed E-state index contributed by atoms with van der Waals surface area (Å²) in [4.78, 5) is 10.2. The van der Waals surface area contributed by atoms with Crippen LogP contribution < -0.4 is 9.47 Å². The Balaban J connectivity index is 2.39. The molecule has 0 saturated carbocycles.